The summed E-state index contributed by atoms with van der Waals surface area (Å²) < 4.78 is 40.3. The van der Waals surface area contributed by atoms with Gasteiger partial charge in [0.1, 0.15) is 11.2 Å². The quantitative estimate of drug-likeness (QED) is 0.556. The van der Waals surface area contributed by atoms with Gasteiger partial charge in [-0.2, -0.15) is 13.2 Å². The van der Waals surface area contributed by atoms with Crippen LogP contribution in [0.25, 0.3) is 20.3 Å². The molecule has 4 aromatic rings. The highest BCUT2D eigenvalue weighted by Gasteiger charge is 2.30. The van der Waals surface area contributed by atoms with Crippen LogP contribution in [0.1, 0.15) is 5.56 Å². The molecule has 1 amide bonds. The summed E-state index contributed by atoms with van der Waals surface area (Å²) in [7, 11) is 0. The number of amides is 1. The van der Waals surface area contributed by atoms with E-state index in [0.717, 1.165) is 34.4 Å². The average molecular weight is 403 g/mol. The number of aromatic nitrogens is 2. The van der Waals surface area contributed by atoms with Crippen molar-refractivity contribution in [2.24, 2.45) is 0 Å². The molecule has 0 radical (unpaired) electrons. The van der Waals surface area contributed by atoms with E-state index in [0.29, 0.717) is 10.2 Å². The zero-order chi connectivity index (χ0) is 19.9. The topological polar surface area (TPSA) is 64.0 Å². The monoisotopic (exact) mass is 403 g/mol. The molecule has 0 unspecified atom stereocenters. The van der Waals surface area contributed by atoms with Gasteiger partial charge in [-0.1, -0.05) is 18.2 Å². The van der Waals surface area contributed by atoms with Crippen LogP contribution >= 0.6 is 11.3 Å². The predicted octanol–water partition coefficient (Wildman–Crippen LogP) is 4.27. The van der Waals surface area contributed by atoms with E-state index in [1.165, 1.54) is 22.2 Å². The number of carbonyl (C=O) groups excluding carboxylic acids is 1. The van der Waals surface area contributed by atoms with Gasteiger partial charge in [0.2, 0.25) is 5.91 Å². The Morgan fingerprint density at radius 3 is 2.54 bits per heavy atom. The predicted molar refractivity (Wildman–Crippen MR) is 101 cm³/mol. The Morgan fingerprint density at radius 2 is 1.82 bits per heavy atom. The smallest absolute Gasteiger partial charge is 0.325 e. The van der Waals surface area contributed by atoms with Crippen LogP contribution in [0.4, 0.5) is 18.9 Å². The van der Waals surface area contributed by atoms with E-state index >= 15 is 0 Å². The second-order valence-corrected chi connectivity index (χ2v) is 7.13. The molecule has 0 atom stereocenters. The van der Waals surface area contributed by atoms with Gasteiger partial charge < -0.3 is 5.32 Å². The summed E-state index contributed by atoms with van der Waals surface area (Å²) in [6.45, 7) is -0.295. The van der Waals surface area contributed by atoms with E-state index < -0.39 is 17.6 Å². The fourth-order valence-electron chi connectivity index (χ4n) is 2.83. The lowest BCUT2D eigenvalue weighted by molar-refractivity contribution is -0.137. The minimum Gasteiger partial charge on any atom is -0.325 e. The van der Waals surface area contributed by atoms with Crippen LogP contribution in [0.3, 0.4) is 0 Å². The summed E-state index contributed by atoms with van der Waals surface area (Å²) in [6, 6.07) is 11.6. The Kier molecular flexibility index (Phi) is 4.38. The molecule has 5 nitrogen and oxygen atoms in total. The van der Waals surface area contributed by atoms with Gasteiger partial charge in [0.05, 0.1) is 17.4 Å². The van der Waals surface area contributed by atoms with Crippen molar-refractivity contribution in [1.29, 1.82) is 0 Å². The first-order chi connectivity index (χ1) is 13.3. The largest absolute Gasteiger partial charge is 0.416 e. The van der Waals surface area contributed by atoms with Gasteiger partial charge in [0, 0.05) is 15.8 Å². The number of hydrogen-bond donors (Lipinski definition) is 1. The minimum absolute atomic E-state index is 0.210. The molecule has 4 rings (SSSR count). The van der Waals surface area contributed by atoms with Crippen molar-refractivity contribution in [2.45, 2.75) is 12.7 Å². The summed E-state index contributed by atoms with van der Waals surface area (Å²) >= 11 is 1.30. The number of thiophene rings is 1. The second kappa shape index (κ2) is 6.75. The number of halogens is 3. The zero-order valence-corrected chi connectivity index (χ0v) is 15.0. The number of alkyl halides is 3. The molecular weight excluding hydrogens is 391 g/mol. The molecule has 0 aliphatic heterocycles. The number of rotatable bonds is 3. The highest BCUT2D eigenvalue weighted by molar-refractivity contribution is 7.25. The Morgan fingerprint density at radius 1 is 1.11 bits per heavy atom. The molecular formula is C19H12F3N3O2S. The van der Waals surface area contributed by atoms with Crippen molar-refractivity contribution in [2.75, 3.05) is 5.32 Å². The van der Waals surface area contributed by atoms with E-state index in [2.05, 4.69) is 10.3 Å². The standard InChI is InChI=1S/C19H12F3N3O2S/c20-19(21,22)11-5-7-12(8-6-11)24-15(26)9-25-10-23-16-13-3-1-2-4-14(13)28-17(16)18(25)27/h1-8,10H,9H2,(H,24,26). The Bertz CT molecular complexity index is 1240. The van der Waals surface area contributed by atoms with Crippen LogP contribution in [0.15, 0.2) is 59.7 Å². The van der Waals surface area contributed by atoms with Crippen molar-refractivity contribution < 1.29 is 18.0 Å². The van der Waals surface area contributed by atoms with Gasteiger partial charge in [0.25, 0.3) is 5.56 Å². The number of carbonyl (C=O) groups is 1. The van der Waals surface area contributed by atoms with Gasteiger partial charge in [-0.3, -0.25) is 14.2 Å². The maximum atomic E-state index is 12.7. The molecule has 0 saturated heterocycles. The summed E-state index contributed by atoms with van der Waals surface area (Å²) in [5.41, 5.74) is -0.346. The molecule has 2 aromatic carbocycles. The summed E-state index contributed by atoms with van der Waals surface area (Å²) in [6.07, 6.45) is -3.14. The Hall–Kier alpha value is -3.20. The molecule has 0 aliphatic rings. The third-order valence-corrected chi connectivity index (χ3v) is 5.31. The Labute approximate surface area is 160 Å². The van der Waals surface area contributed by atoms with Gasteiger partial charge in [0.15, 0.2) is 0 Å². The molecule has 1 N–H and O–H groups in total. The van der Waals surface area contributed by atoms with Crippen molar-refractivity contribution >= 4 is 43.2 Å². The highest BCUT2D eigenvalue weighted by atomic mass is 32.1. The van der Waals surface area contributed by atoms with Crippen molar-refractivity contribution in [1.82, 2.24) is 9.55 Å². The number of anilines is 1. The molecule has 9 heteroatoms. The normalized spacial score (nSPS) is 11.8. The number of nitrogens with one attached hydrogen (secondary N) is 1. The number of benzene rings is 2. The molecule has 0 bridgehead atoms. The molecule has 2 aromatic heterocycles. The molecule has 0 spiro atoms. The first kappa shape index (κ1) is 18.2. The second-order valence-electron chi connectivity index (χ2n) is 6.08. The third-order valence-electron chi connectivity index (χ3n) is 4.16. The van der Waals surface area contributed by atoms with Crippen molar-refractivity contribution in [3.05, 3.63) is 70.8 Å². The van der Waals surface area contributed by atoms with Gasteiger partial charge in [-0.15, -0.1) is 11.3 Å². The van der Waals surface area contributed by atoms with Crippen LogP contribution in [-0.4, -0.2) is 15.5 Å². The summed E-state index contributed by atoms with van der Waals surface area (Å²) in [4.78, 5) is 29.2. The van der Waals surface area contributed by atoms with E-state index in [9.17, 15) is 22.8 Å². The number of hydrogen-bond acceptors (Lipinski definition) is 4. The molecule has 142 valence electrons. The molecule has 0 aliphatic carbocycles. The number of nitrogens with zero attached hydrogens (tertiary/aromatic N) is 2. The zero-order valence-electron chi connectivity index (χ0n) is 14.2. The number of fused-ring (bicyclic) bond motifs is 3. The van der Waals surface area contributed by atoms with Crippen LogP contribution in [0.5, 0.6) is 0 Å². The fraction of sp³-hybridized carbons (Fsp3) is 0.105. The van der Waals surface area contributed by atoms with E-state index in [4.69, 9.17) is 0 Å². The van der Waals surface area contributed by atoms with Crippen LogP contribution in [-0.2, 0) is 17.5 Å². The van der Waals surface area contributed by atoms with E-state index in [1.807, 2.05) is 24.3 Å². The van der Waals surface area contributed by atoms with E-state index in [-0.39, 0.29) is 17.8 Å². The minimum atomic E-state index is -4.44. The molecule has 0 fully saturated rings. The lowest BCUT2D eigenvalue weighted by Crippen LogP contribution is -2.27. The average Bonchev–Trinajstić information content (AvgIpc) is 3.03. The Balaban J connectivity index is 1.56. The maximum absolute atomic E-state index is 12.7. The summed E-state index contributed by atoms with van der Waals surface area (Å²) in [5, 5.41) is 3.36. The van der Waals surface area contributed by atoms with Crippen molar-refractivity contribution in [3.8, 4) is 0 Å². The maximum Gasteiger partial charge on any atom is 0.416 e. The first-order valence-electron chi connectivity index (χ1n) is 8.17. The molecule has 28 heavy (non-hydrogen) atoms. The third kappa shape index (κ3) is 3.36. The summed E-state index contributed by atoms with van der Waals surface area (Å²) in [5.74, 6) is -0.538. The SMILES string of the molecule is O=C(Cn1cnc2c(sc3ccccc32)c1=O)Nc1ccc(C(F)(F)F)cc1. The van der Waals surface area contributed by atoms with Gasteiger partial charge >= 0.3 is 6.18 Å². The van der Waals surface area contributed by atoms with E-state index in [1.54, 1.807) is 0 Å². The van der Waals surface area contributed by atoms with Crippen LogP contribution in [0.2, 0.25) is 0 Å². The fourth-order valence-corrected chi connectivity index (χ4v) is 3.93. The lowest BCUT2D eigenvalue weighted by atomic mass is 10.2. The van der Waals surface area contributed by atoms with Crippen LogP contribution < -0.4 is 10.9 Å². The van der Waals surface area contributed by atoms with Crippen molar-refractivity contribution in [3.63, 3.8) is 0 Å². The molecule has 0 saturated carbocycles. The highest BCUT2D eigenvalue weighted by Crippen LogP contribution is 2.30. The first-order valence-corrected chi connectivity index (χ1v) is 8.98. The van der Waals surface area contributed by atoms with Gasteiger partial charge in [-0.25, -0.2) is 4.98 Å². The lowest BCUT2D eigenvalue weighted by Gasteiger charge is -2.09. The van der Waals surface area contributed by atoms with Gasteiger partial charge in [-0.05, 0) is 30.3 Å². The van der Waals surface area contributed by atoms with Crippen LogP contribution in [0, 0.1) is 0 Å². The molecule has 2 heterocycles.